The predicted octanol–water partition coefficient (Wildman–Crippen LogP) is 5.39. The van der Waals surface area contributed by atoms with E-state index in [1.54, 1.807) is 17.6 Å². The zero-order valence-electron chi connectivity index (χ0n) is 26.1. The molecular weight excluding hydrogens is 526 g/mol. The molecule has 7 aliphatic rings. The van der Waals surface area contributed by atoms with Crippen LogP contribution in [0.25, 0.3) is 0 Å². The van der Waals surface area contributed by atoms with Gasteiger partial charge >= 0.3 is 6.09 Å². The summed E-state index contributed by atoms with van der Waals surface area (Å²) in [6, 6.07) is 7.38. The van der Waals surface area contributed by atoms with Gasteiger partial charge in [-0.1, -0.05) is 6.07 Å². The average molecular weight is 576 g/mol. The second kappa shape index (κ2) is 9.36. The molecule has 7 atom stereocenters. The Balaban J connectivity index is 1.15. The minimum atomic E-state index is -0.570. The van der Waals surface area contributed by atoms with Gasteiger partial charge in [0.15, 0.2) is 0 Å². The number of rotatable bonds is 4. The standard InChI is InChI=1S/C35H49N3O4/c1-33(2,3)42-32(40)37-15-6-5-7-28(37)31(39)38-21-24-19-34-13-12-27(38)30(24)35(34)14-16-36(20-22-8-9-22)29(34)17-23-10-11-25(41-4)18-26(23)35/h10-11,18,22,24,27-30H,5-9,12-17,19-21H2,1-4H3/t24-,27?,28-,29?,30?,34?,35?/m1/s1. The maximum absolute atomic E-state index is 14.5. The molecule has 7 nitrogen and oxygen atoms in total. The van der Waals surface area contributed by atoms with Crippen LogP contribution in [0.5, 0.6) is 5.75 Å². The summed E-state index contributed by atoms with van der Waals surface area (Å²) in [5, 5.41) is 0. The topological polar surface area (TPSA) is 62.3 Å². The quantitative estimate of drug-likeness (QED) is 0.482. The molecule has 3 aliphatic heterocycles. The number of fused-ring (bicyclic) bond motifs is 1. The lowest BCUT2D eigenvalue weighted by atomic mass is 9.43. The fourth-order valence-electron chi connectivity index (χ4n) is 11.2. The van der Waals surface area contributed by atoms with Gasteiger partial charge in [-0.3, -0.25) is 14.6 Å². The van der Waals surface area contributed by atoms with Crippen LogP contribution in [0.4, 0.5) is 4.79 Å². The van der Waals surface area contributed by atoms with E-state index in [-0.39, 0.29) is 23.5 Å². The molecule has 0 radical (unpaired) electrons. The molecule has 228 valence electrons. The lowest BCUT2D eigenvalue weighted by Crippen LogP contribution is -2.70. The SMILES string of the molecule is COc1ccc2c(c1)C13CCN(CC4CC4)C(C2)C12CCC1C3[C@@H](CN1C(=O)[C@H]1CCCCN1C(=O)OC(C)(C)C)C2. The lowest BCUT2D eigenvalue weighted by Gasteiger charge is -2.66. The fourth-order valence-corrected chi connectivity index (χ4v) is 11.2. The van der Waals surface area contributed by atoms with Crippen molar-refractivity contribution in [1.29, 1.82) is 0 Å². The third kappa shape index (κ3) is 3.80. The van der Waals surface area contributed by atoms with Gasteiger partial charge < -0.3 is 14.4 Å². The Morgan fingerprint density at radius 1 is 1.02 bits per heavy atom. The first-order valence-corrected chi connectivity index (χ1v) is 16.9. The van der Waals surface area contributed by atoms with Crippen LogP contribution in [0.2, 0.25) is 0 Å². The molecule has 6 fully saturated rings. The maximum atomic E-state index is 14.5. The summed E-state index contributed by atoms with van der Waals surface area (Å²) in [4.78, 5) is 34.7. The van der Waals surface area contributed by atoms with Crippen molar-refractivity contribution >= 4 is 12.0 Å². The number of piperidine rings is 2. The molecule has 0 aromatic heterocycles. The Kier molecular flexibility index (Phi) is 6.08. The van der Waals surface area contributed by atoms with E-state index >= 15 is 0 Å². The highest BCUT2D eigenvalue weighted by Crippen LogP contribution is 2.75. The van der Waals surface area contributed by atoms with Crippen LogP contribution in [0, 0.1) is 23.2 Å². The van der Waals surface area contributed by atoms with E-state index in [1.165, 1.54) is 50.8 Å². The summed E-state index contributed by atoms with van der Waals surface area (Å²) in [6.45, 7) is 9.63. The molecule has 0 spiro atoms. The molecule has 2 amide bonds. The molecule has 4 aliphatic carbocycles. The molecule has 4 bridgehead atoms. The highest BCUT2D eigenvalue weighted by Gasteiger charge is 2.76. The van der Waals surface area contributed by atoms with Crippen molar-refractivity contribution in [2.24, 2.45) is 23.2 Å². The van der Waals surface area contributed by atoms with E-state index in [0.29, 0.717) is 29.8 Å². The number of carbonyl (C=O) groups is 2. The van der Waals surface area contributed by atoms with Crippen molar-refractivity contribution in [2.45, 2.75) is 114 Å². The van der Waals surface area contributed by atoms with Crippen LogP contribution in [-0.4, -0.2) is 83.7 Å². The Hall–Kier alpha value is -2.28. The third-order valence-electron chi connectivity index (χ3n) is 12.7. The van der Waals surface area contributed by atoms with Crippen molar-refractivity contribution in [2.75, 3.05) is 33.3 Å². The van der Waals surface area contributed by atoms with Crippen LogP contribution < -0.4 is 4.74 Å². The van der Waals surface area contributed by atoms with Gasteiger partial charge in [0.25, 0.3) is 0 Å². The van der Waals surface area contributed by atoms with E-state index in [4.69, 9.17) is 9.47 Å². The van der Waals surface area contributed by atoms with Crippen molar-refractivity contribution < 1.29 is 19.1 Å². The Morgan fingerprint density at radius 2 is 1.86 bits per heavy atom. The number of methoxy groups -OCH3 is 1. The summed E-state index contributed by atoms with van der Waals surface area (Å²) in [5.41, 5.74) is 2.90. The zero-order chi connectivity index (χ0) is 29.0. The number of nitrogens with zero attached hydrogens (tertiary/aromatic N) is 3. The van der Waals surface area contributed by atoms with E-state index in [0.717, 1.165) is 50.3 Å². The van der Waals surface area contributed by atoms with Gasteiger partial charge in [0.2, 0.25) is 5.91 Å². The molecule has 42 heavy (non-hydrogen) atoms. The molecule has 7 heteroatoms. The van der Waals surface area contributed by atoms with Crippen molar-refractivity contribution in [1.82, 2.24) is 14.7 Å². The first-order valence-electron chi connectivity index (χ1n) is 16.9. The van der Waals surface area contributed by atoms with Crippen molar-refractivity contribution in [3.8, 4) is 5.75 Å². The second-order valence-electron chi connectivity index (χ2n) is 15.8. The number of hydrogen-bond donors (Lipinski definition) is 0. The zero-order valence-corrected chi connectivity index (χ0v) is 26.1. The average Bonchev–Trinajstić information content (AvgIpc) is 3.66. The fraction of sp³-hybridized carbons (Fsp3) is 0.771. The third-order valence-corrected chi connectivity index (χ3v) is 12.7. The van der Waals surface area contributed by atoms with Crippen LogP contribution in [0.3, 0.4) is 0 Å². The van der Waals surface area contributed by atoms with Crippen molar-refractivity contribution in [3.05, 3.63) is 29.3 Å². The maximum Gasteiger partial charge on any atom is 0.410 e. The van der Waals surface area contributed by atoms with Gasteiger partial charge in [0.1, 0.15) is 17.4 Å². The van der Waals surface area contributed by atoms with E-state index in [1.807, 2.05) is 20.8 Å². The summed E-state index contributed by atoms with van der Waals surface area (Å²) >= 11 is 0. The predicted molar refractivity (Wildman–Crippen MR) is 160 cm³/mol. The van der Waals surface area contributed by atoms with Crippen molar-refractivity contribution in [3.63, 3.8) is 0 Å². The number of ether oxygens (including phenoxy) is 2. The normalized spacial score (nSPS) is 38.6. The molecule has 1 aromatic rings. The number of hydrogen-bond acceptors (Lipinski definition) is 5. The van der Waals surface area contributed by atoms with Gasteiger partial charge in [0.05, 0.1) is 7.11 Å². The molecule has 3 heterocycles. The molecule has 5 unspecified atom stereocenters. The first kappa shape index (κ1) is 27.3. The summed E-state index contributed by atoms with van der Waals surface area (Å²) in [7, 11) is 1.79. The van der Waals surface area contributed by atoms with E-state index in [2.05, 4.69) is 28.0 Å². The lowest BCUT2D eigenvalue weighted by molar-refractivity contribution is -0.146. The first-order chi connectivity index (χ1) is 20.1. The van der Waals surface area contributed by atoms with Gasteiger partial charge in [-0.05, 0) is 138 Å². The van der Waals surface area contributed by atoms with Crippen LogP contribution >= 0.6 is 0 Å². The minimum absolute atomic E-state index is 0.111. The summed E-state index contributed by atoms with van der Waals surface area (Å²) < 4.78 is 11.6. The minimum Gasteiger partial charge on any atom is -0.497 e. The Bertz CT molecular complexity index is 1290. The number of likely N-dealkylation sites (tertiary alicyclic amines) is 3. The van der Waals surface area contributed by atoms with Gasteiger partial charge in [-0.15, -0.1) is 0 Å². The summed E-state index contributed by atoms with van der Waals surface area (Å²) in [6.07, 6.45) is 11.0. The second-order valence-corrected chi connectivity index (χ2v) is 15.8. The van der Waals surface area contributed by atoms with Crippen LogP contribution in [0.1, 0.15) is 89.7 Å². The van der Waals surface area contributed by atoms with Crippen LogP contribution in [0.15, 0.2) is 18.2 Å². The number of amides is 2. The van der Waals surface area contributed by atoms with Gasteiger partial charge in [-0.2, -0.15) is 0 Å². The molecule has 0 N–H and O–H groups in total. The summed E-state index contributed by atoms with van der Waals surface area (Å²) in [5.74, 6) is 3.07. The number of benzene rings is 1. The number of carbonyl (C=O) groups excluding carboxylic acids is 2. The molecule has 3 saturated carbocycles. The molecular formula is C35H49N3O4. The van der Waals surface area contributed by atoms with E-state index in [9.17, 15) is 9.59 Å². The van der Waals surface area contributed by atoms with E-state index < -0.39 is 11.6 Å². The Labute approximate surface area is 251 Å². The largest absolute Gasteiger partial charge is 0.497 e. The monoisotopic (exact) mass is 575 g/mol. The molecule has 3 saturated heterocycles. The Morgan fingerprint density at radius 3 is 2.62 bits per heavy atom. The highest BCUT2D eigenvalue weighted by atomic mass is 16.6. The molecule has 8 rings (SSSR count). The van der Waals surface area contributed by atoms with Gasteiger partial charge in [0, 0.05) is 37.1 Å². The molecule has 1 aromatic carbocycles. The van der Waals surface area contributed by atoms with Crippen LogP contribution in [-0.2, 0) is 21.4 Å². The van der Waals surface area contributed by atoms with Gasteiger partial charge in [-0.25, -0.2) is 4.79 Å². The highest BCUT2D eigenvalue weighted by molar-refractivity contribution is 5.86. The smallest absolute Gasteiger partial charge is 0.410 e.